The van der Waals surface area contributed by atoms with Crippen LogP contribution in [-0.2, 0) is 6.54 Å². The Kier molecular flexibility index (Phi) is 4.75. The van der Waals surface area contributed by atoms with E-state index in [9.17, 15) is 4.79 Å². The molecule has 0 spiro atoms. The van der Waals surface area contributed by atoms with E-state index in [0.717, 1.165) is 5.56 Å². The summed E-state index contributed by atoms with van der Waals surface area (Å²) in [5, 5.41) is 8.03. The first-order valence-corrected chi connectivity index (χ1v) is 8.10. The SMILES string of the molecule is O=C(Nc1cnn(Cc2c(Cl)cccc2Cl)c1)c1ccc(Br)o1. The maximum absolute atomic E-state index is 12.0. The molecule has 3 rings (SSSR count). The van der Waals surface area contributed by atoms with Crippen LogP contribution in [0.3, 0.4) is 0 Å². The molecule has 0 fully saturated rings. The Morgan fingerprint density at radius 3 is 2.65 bits per heavy atom. The molecule has 118 valence electrons. The quantitative estimate of drug-likeness (QED) is 0.663. The molecule has 0 saturated carbocycles. The van der Waals surface area contributed by atoms with Crippen LogP contribution in [0.4, 0.5) is 5.69 Å². The molecule has 0 bridgehead atoms. The van der Waals surface area contributed by atoms with Crippen LogP contribution >= 0.6 is 39.1 Å². The summed E-state index contributed by atoms with van der Waals surface area (Å²) in [7, 11) is 0. The number of nitrogens with zero attached hydrogens (tertiary/aromatic N) is 2. The zero-order chi connectivity index (χ0) is 16.4. The van der Waals surface area contributed by atoms with Crippen molar-refractivity contribution in [1.82, 2.24) is 9.78 Å². The lowest BCUT2D eigenvalue weighted by molar-refractivity contribution is 0.0995. The van der Waals surface area contributed by atoms with Crippen LogP contribution in [0.25, 0.3) is 0 Å². The van der Waals surface area contributed by atoms with Crippen LogP contribution in [-0.4, -0.2) is 15.7 Å². The summed E-state index contributed by atoms with van der Waals surface area (Å²) in [4.78, 5) is 12.0. The first-order valence-electron chi connectivity index (χ1n) is 6.55. The van der Waals surface area contributed by atoms with Crippen LogP contribution in [0.5, 0.6) is 0 Å². The highest BCUT2D eigenvalue weighted by molar-refractivity contribution is 9.10. The van der Waals surface area contributed by atoms with E-state index in [0.29, 0.717) is 26.9 Å². The second-order valence-electron chi connectivity index (χ2n) is 4.68. The minimum Gasteiger partial charge on any atom is -0.444 e. The Balaban J connectivity index is 1.72. The molecule has 2 heterocycles. The number of benzene rings is 1. The molecule has 0 unspecified atom stereocenters. The number of hydrogen-bond acceptors (Lipinski definition) is 3. The van der Waals surface area contributed by atoms with E-state index in [2.05, 4.69) is 26.3 Å². The van der Waals surface area contributed by atoms with Gasteiger partial charge in [0.05, 0.1) is 18.4 Å². The molecule has 23 heavy (non-hydrogen) atoms. The van der Waals surface area contributed by atoms with Crippen molar-refractivity contribution in [3.05, 3.63) is 68.8 Å². The zero-order valence-corrected chi connectivity index (χ0v) is 14.7. The summed E-state index contributed by atoms with van der Waals surface area (Å²) in [6.07, 6.45) is 3.23. The topological polar surface area (TPSA) is 60.1 Å². The molecule has 5 nitrogen and oxygen atoms in total. The van der Waals surface area contributed by atoms with Crippen molar-refractivity contribution in [2.24, 2.45) is 0 Å². The number of rotatable bonds is 4. The summed E-state index contributed by atoms with van der Waals surface area (Å²) in [6.45, 7) is 0.403. The Morgan fingerprint density at radius 2 is 2.00 bits per heavy atom. The van der Waals surface area contributed by atoms with E-state index in [1.54, 1.807) is 47.4 Å². The normalized spacial score (nSPS) is 10.7. The van der Waals surface area contributed by atoms with Gasteiger partial charge < -0.3 is 9.73 Å². The minimum absolute atomic E-state index is 0.207. The van der Waals surface area contributed by atoms with E-state index < -0.39 is 0 Å². The van der Waals surface area contributed by atoms with Gasteiger partial charge in [0.25, 0.3) is 5.91 Å². The minimum atomic E-state index is -0.356. The van der Waals surface area contributed by atoms with Gasteiger partial charge in [0.15, 0.2) is 10.4 Å². The number of anilines is 1. The molecule has 1 amide bonds. The lowest BCUT2D eigenvalue weighted by Crippen LogP contribution is -2.10. The van der Waals surface area contributed by atoms with Crippen LogP contribution in [0.1, 0.15) is 16.1 Å². The molecule has 0 radical (unpaired) electrons. The van der Waals surface area contributed by atoms with E-state index >= 15 is 0 Å². The largest absolute Gasteiger partial charge is 0.444 e. The number of amides is 1. The summed E-state index contributed by atoms with van der Waals surface area (Å²) in [5.74, 6) is -0.148. The first kappa shape index (κ1) is 16.1. The maximum Gasteiger partial charge on any atom is 0.291 e. The molecule has 1 N–H and O–H groups in total. The molecule has 0 aliphatic heterocycles. The van der Waals surface area contributed by atoms with Crippen molar-refractivity contribution in [1.29, 1.82) is 0 Å². The lowest BCUT2D eigenvalue weighted by atomic mass is 10.2. The van der Waals surface area contributed by atoms with Crippen LogP contribution in [0, 0.1) is 0 Å². The molecule has 0 atom stereocenters. The van der Waals surface area contributed by atoms with Gasteiger partial charge in [-0.1, -0.05) is 29.3 Å². The number of furan rings is 1. The highest BCUT2D eigenvalue weighted by Gasteiger charge is 2.12. The van der Waals surface area contributed by atoms with Gasteiger partial charge in [-0.3, -0.25) is 9.48 Å². The summed E-state index contributed by atoms with van der Waals surface area (Å²) < 4.78 is 7.33. The molecule has 3 aromatic rings. The third-order valence-electron chi connectivity index (χ3n) is 3.07. The van der Waals surface area contributed by atoms with E-state index in [-0.39, 0.29) is 11.7 Å². The average molecular weight is 415 g/mol. The Hall–Kier alpha value is -1.76. The number of carbonyl (C=O) groups is 1. The molecule has 0 saturated heterocycles. The van der Waals surface area contributed by atoms with Gasteiger partial charge in [-0.25, -0.2) is 0 Å². The molecule has 8 heteroatoms. The third-order valence-corrected chi connectivity index (χ3v) is 4.20. The van der Waals surface area contributed by atoms with Gasteiger partial charge in [-0.05, 0) is 40.2 Å². The third kappa shape index (κ3) is 3.77. The van der Waals surface area contributed by atoms with E-state index in [4.69, 9.17) is 27.6 Å². The molecular weight excluding hydrogens is 405 g/mol. The van der Waals surface area contributed by atoms with Crippen molar-refractivity contribution in [2.75, 3.05) is 5.32 Å². The van der Waals surface area contributed by atoms with E-state index in [1.807, 2.05) is 0 Å². The van der Waals surface area contributed by atoms with Crippen LogP contribution < -0.4 is 5.32 Å². The number of hydrogen-bond donors (Lipinski definition) is 1. The Bertz CT molecular complexity index is 840. The molecule has 1 aromatic carbocycles. The van der Waals surface area contributed by atoms with Gasteiger partial charge in [0.1, 0.15) is 0 Å². The fraction of sp³-hybridized carbons (Fsp3) is 0.0667. The van der Waals surface area contributed by atoms with Gasteiger partial charge >= 0.3 is 0 Å². The number of carbonyl (C=O) groups excluding carboxylic acids is 1. The van der Waals surface area contributed by atoms with Gasteiger partial charge in [-0.15, -0.1) is 0 Å². The first-order chi connectivity index (χ1) is 11.0. The Morgan fingerprint density at radius 1 is 1.26 bits per heavy atom. The van der Waals surface area contributed by atoms with Gasteiger partial charge in [0.2, 0.25) is 0 Å². The van der Waals surface area contributed by atoms with Crippen molar-refractivity contribution in [2.45, 2.75) is 6.54 Å². The van der Waals surface area contributed by atoms with Crippen molar-refractivity contribution in [3.8, 4) is 0 Å². The highest BCUT2D eigenvalue weighted by atomic mass is 79.9. The second kappa shape index (κ2) is 6.78. The number of aromatic nitrogens is 2. The highest BCUT2D eigenvalue weighted by Crippen LogP contribution is 2.25. The smallest absolute Gasteiger partial charge is 0.291 e. The second-order valence-corrected chi connectivity index (χ2v) is 6.28. The average Bonchev–Trinajstić information content (AvgIpc) is 3.12. The lowest BCUT2D eigenvalue weighted by Gasteiger charge is -2.06. The summed E-state index contributed by atoms with van der Waals surface area (Å²) in [6, 6.07) is 8.54. The monoisotopic (exact) mass is 413 g/mol. The van der Waals surface area contributed by atoms with Gasteiger partial charge in [-0.2, -0.15) is 5.10 Å². The fourth-order valence-electron chi connectivity index (χ4n) is 1.99. The van der Waals surface area contributed by atoms with Crippen LogP contribution in [0.2, 0.25) is 10.0 Å². The van der Waals surface area contributed by atoms with Crippen molar-refractivity contribution < 1.29 is 9.21 Å². The Labute approximate surface area is 150 Å². The van der Waals surface area contributed by atoms with Crippen molar-refractivity contribution in [3.63, 3.8) is 0 Å². The predicted octanol–water partition coefficient (Wildman–Crippen LogP) is 4.85. The molecule has 0 aliphatic carbocycles. The predicted molar refractivity (Wildman–Crippen MR) is 92.2 cm³/mol. The van der Waals surface area contributed by atoms with Crippen molar-refractivity contribution >= 4 is 50.7 Å². The van der Waals surface area contributed by atoms with Gasteiger partial charge in [0, 0.05) is 21.8 Å². The fourth-order valence-corrected chi connectivity index (χ4v) is 2.81. The maximum atomic E-state index is 12.0. The zero-order valence-electron chi connectivity index (χ0n) is 11.6. The van der Waals surface area contributed by atoms with Crippen LogP contribution in [0.15, 0.2) is 51.8 Å². The van der Waals surface area contributed by atoms with E-state index in [1.165, 1.54) is 0 Å². The number of nitrogens with one attached hydrogen (secondary N) is 1. The standard InChI is InChI=1S/C15H10BrCl2N3O2/c16-14-5-4-13(23-14)15(22)20-9-6-19-21(7-9)8-10-11(17)2-1-3-12(10)18/h1-7H,8H2,(H,20,22). The summed E-state index contributed by atoms with van der Waals surface area (Å²) in [5.41, 5.74) is 1.32. The molecule has 0 aliphatic rings. The molecular formula is C15H10BrCl2N3O2. The number of halogens is 3. The summed E-state index contributed by atoms with van der Waals surface area (Å²) >= 11 is 15.4. The molecule has 2 aromatic heterocycles.